The number of carbonyl (C=O) groups is 1. The van der Waals surface area contributed by atoms with Crippen molar-refractivity contribution in [2.45, 2.75) is 38.5 Å². The minimum absolute atomic E-state index is 0.206. The summed E-state index contributed by atoms with van der Waals surface area (Å²) in [5.74, 6) is 1.04. The summed E-state index contributed by atoms with van der Waals surface area (Å²) < 4.78 is 0. The molecule has 0 aromatic heterocycles. The lowest BCUT2D eigenvalue weighted by Gasteiger charge is -2.37. The van der Waals surface area contributed by atoms with Gasteiger partial charge in [0.2, 0.25) is 0 Å². The summed E-state index contributed by atoms with van der Waals surface area (Å²) in [4.78, 5) is 12.2. The van der Waals surface area contributed by atoms with Crippen LogP contribution in [0.25, 0.3) is 10.8 Å². The van der Waals surface area contributed by atoms with E-state index in [9.17, 15) is 9.90 Å². The molecule has 2 aliphatic carbocycles. The maximum atomic E-state index is 12.2. The fourth-order valence-electron chi connectivity index (χ4n) is 4.30. The van der Waals surface area contributed by atoms with Crippen molar-refractivity contribution in [1.82, 2.24) is 0 Å². The van der Waals surface area contributed by atoms with Crippen molar-refractivity contribution in [3.8, 4) is 5.75 Å². The molecular formula is C18H18O2. The third-order valence-electron chi connectivity index (χ3n) is 5.50. The van der Waals surface area contributed by atoms with Crippen LogP contribution in [-0.2, 0) is 11.2 Å². The van der Waals surface area contributed by atoms with Crippen molar-refractivity contribution in [3.63, 3.8) is 0 Å². The summed E-state index contributed by atoms with van der Waals surface area (Å²) in [6, 6.07) is 9.96. The summed E-state index contributed by atoms with van der Waals surface area (Å²) in [6.45, 7) is 2.11. The number of phenols is 1. The smallest absolute Gasteiger partial charge is 0.139 e. The molecule has 0 amide bonds. The number of hydrogen-bond donors (Lipinski definition) is 1. The van der Waals surface area contributed by atoms with Crippen molar-refractivity contribution in [2.24, 2.45) is 5.41 Å². The molecule has 2 heteroatoms. The van der Waals surface area contributed by atoms with Gasteiger partial charge in [-0.1, -0.05) is 31.2 Å². The molecular weight excluding hydrogens is 248 g/mol. The number of aromatic hydroxyl groups is 1. The van der Waals surface area contributed by atoms with Gasteiger partial charge in [0.1, 0.15) is 11.5 Å². The highest BCUT2D eigenvalue weighted by Crippen LogP contribution is 2.55. The van der Waals surface area contributed by atoms with Crippen LogP contribution in [0.2, 0.25) is 0 Å². The van der Waals surface area contributed by atoms with E-state index < -0.39 is 0 Å². The number of fused-ring (bicyclic) bond motifs is 5. The molecule has 1 saturated carbocycles. The number of aryl methyl sites for hydroxylation is 1. The quantitative estimate of drug-likeness (QED) is 0.784. The Morgan fingerprint density at radius 1 is 1.20 bits per heavy atom. The Balaban J connectivity index is 2.01. The number of phenolic OH excluding ortho intramolecular Hbond substituents is 1. The molecule has 2 nitrogen and oxygen atoms in total. The molecule has 1 fully saturated rings. The van der Waals surface area contributed by atoms with Crippen LogP contribution in [0.3, 0.4) is 0 Å². The third-order valence-corrected chi connectivity index (χ3v) is 5.50. The minimum atomic E-state index is -0.206. The van der Waals surface area contributed by atoms with E-state index in [0.717, 1.165) is 30.0 Å². The molecule has 0 aliphatic heterocycles. The Morgan fingerprint density at radius 3 is 2.75 bits per heavy atom. The maximum absolute atomic E-state index is 12.2. The normalized spacial score (nSPS) is 28.4. The summed E-state index contributed by atoms with van der Waals surface area (Å²) >= 11 is 0. The van der Waals surface area contributed by atoms with Crippen LogP contribution in [-0.4, -0.2) is 10.9 Å². The topological polar surface area (TPSA) is 37.3 Å². The Hall–Kier alpha value is -1.83. The number of Topliss-reactive ketones (excluding diaryl/α,β-unsaturated/α-hetero) is 1. The van der Waals surface area contributed by atoms with Gasteiger partial charge in [-0.2, -0.15) is 0 Å². The molecule has 2 aliphatic rings. The lowest BCUT2D eigenvalue weighted by atomic mass is 9.66. The number of carbonyl (C=O) groups excluding carboxylic acids is 1. The van der Waals surface area contributed by atoms with Crippen molar-refractivity contribution < 1.29 is 9.90 Å². The number of hydrogen-bond acceptors (Lipinski definition) is 2. The Labute approximate surface area is 118 Å². The van der Waals surface area contributed by atoms with Gasteiger partial charge < -0.3 is 5.11 Å². The molecule has 2 aromatic rings. The Kier molecular flexibility index (Phi) is 2.30. The second kappa shape index (κ2) is 3.85. The second-order valence-electron chi connectivity index (χ2n) is 6.44. The van der Waals surface area contributed by atoms with E-state index in [1.165, 1.54) is 11.1 Å². The molecule has 0 unspecified atom stereocenters. The van der Waals surface area contributed by atoms with Gasteiger partial charge in [0.15, 0.2) is 0 Å². The van der Waals surface area contributed by atoms with E-state index in [0.29, 0.717) is 18.0 Å². The standard InChI is InChI=1S/C18H18O2/c1-18-9-8-12-11-4-2-3-5-13(11)16(19)10-14(12)15(18)6-7-17(18)20/h2-5,10,15,19H,6-9H2,1H3/t15-,18-/m0/s1. The van der Waals surface area contributed by atoms with Gasteiger partial charge in [0.05, 0.1) is 0 Å². The zero-order valence-corrected chi connectivity index (χ0v) is 11.6. The van der Waals surface area contributed by atoms with E-state index in [2.05, 4.69) is 13.0 Å². The molecule has 0 spiro atoms. The molecule has 0 radical (unpaired) electrons. The lowest BCUT2D eigenvalue weighted by Crippen LogP contribution is -2.32. The van der Waals surface area contributed by atoms with Gasteiger partial charge in [-0.3, -0.25) is 4.79 Å². The predicted octanol–water partition coefficient (Wildman–Crippen LogP) is 3.94. The van der Waals surface area contributed by atoms with Crippen LogP contribution in [0.4, 0.5) is 0 Å². The van der Waals surface area contributed by atoms with Gasteiger partial charge in [0, 0.05) is 17.2 Å². The summed E-state index contributed by atoms with van der Waals surface area (Å²) in [6.07, 6.45) is 3.50. The fourth-order valence-corrected chi connectivity index (χ4v) is 4.30. The zero-order valence-electron chi connectivity index (χ0n) is 11.6. The zero-order chi connectivity index (χ0) is 13.9. The first kappa shape index (κ1) is 12.0. The van der Waals surface area contributed by atoms with Gasteiger partial charge in [-0.25, -0.2) is 0 Å². The van der Waals surface area contributed by atoms with Gasteiger partial charge >= 0.3 is 0 Å². The average Bonchev–Trinajstić information content (AvgIpc) is 2.76. The largest absolute Gasteiger partial charge is 0.507 e. The molecule has 20 heavy (non-hydrogen) atoms. The number of ketones is 1. The summed E-state index contributed by atoms with van der Waals surface area (Å²) in [5, 5.41) is 12.4. The highest BCUT2D eigenvalue weighted by molar-refractivity contribution is 5.94. The fraction of sp³-hybridized carbons (Fsp3) is 0.389. The van der Waals surface area contributed by atoms with Gasteiger partial charge in [-0.15, -0.1) is 0 Å². The average molecular weight is 266 g/mol. The number of benzene rings is 2. The molecule has 2 atom stereocenters. The Bertz CT molecular complexity index is 732. The van der Waals surface area contributed by atoms with Crippen LogP contribution in [0.15, 0.2) is 30.3 Å². The highest BCUT2D eigenvalue weighted by Gasteiger charge is 2.49. The minimum Gasteiger partial charge on any atom is -0.507 e. The van der Waals surface area contributed by atoms with Crippen LogP contribution < -0.4 is 0 Å². The van der Waals surface area contributed by atoms with Crippen molar-refractivity contribution in [3.05, 3.63) is 41.5 Å². The second-order valence-corrected chi connectivity index (χ2v) is 6.44. The monoisotopic (exact) mass is 266 g/mol. The Morgan fingerprint density at radius 2 is 1.95 bits per heavy atom. The van der Waals surface area contributed by atoms with Crippen molar-refractivity contribution in [2.75, 3.05) is 0 Å². The predicted molar refractivity (Wildman–Crippen MR) is 79.0 cm³/mol. The summed E-state index contributed by atoms with van der Waals surface area (Å²) in [5.41, 5.74) is 2.35. The van der Waals surface area contributed by atoms with Crippen LogP contribution in [0.5, 0.6) is 5.75 Å². The first-order valence-corrected chi connectivity index (χ1v) is 7.38. The molecule has 2 aromatic carbocycles. The molecule has 4 rings (SSSR count). The van der Waals surface area contributed by atoms with Crippen molar-refractivity contribution in [1.29, 1.82) is 0 Å². The van der Waals surface area contributed by atoms with Crippen LogP contribution >= 0.6 is 0 Å². The molecule has 0 heterocycles. The van der Waals surface area contributed by atoms with E-state index in [1.54, 1.807) is 0 Å². The first-order valence-electron chi connectivity index (χ1n) is 7.38. The highest BCUT2D eigenvalue weighted by atomic mass is 16.3. The lowest BCUT2D eigenvalue weighted by molar-refractivity contribution is -0.126. The van der Waals surface area contributed by atoms with E-state index >= 15 is 0 Å². The van der Waals surface area contributed by atoms with E-state index in [4.69, 9.17) is 0 Å². The summed E-state index contributed by atoms with van der Waals surface area (Å²) in [7, 11) is 0. The van der Waals surface area contributed by atoms with E-state index in [1.807, 2.05) is 24.3 Å². The van der Waals surface area contributed by atoms with Crippen LogP contribution in [0.1, 0.15) is 43.2 Å². The van der Waals surface area contributed by atoms with Gasteiger partial charge in [-0.05, 0) is 47.8 Å². The number of rotatable bonds is 0. The first-order chi connectivity index (χ1) is 9.61. The SMILES string of the molecule is C[C@]12CCc3c(cc(O)c4ccccc34)[C@@H]1CCC2=O. The molecule has 102 valence electrons. The third kappa shape index (κ3) is 1.37. The van der Waals surface area contributed by atoms with Crippen LogP contribution in [0, 0.1) is 5.41 Å². The molecule has 0 bridgehead atoms. The molecule has 0 saturated heterocycles. The van der Waals surface area contributed by atoms with Crippen molar-refractivity contribution >= 4 is 16.6 Å². The molecule has 1 N–H and O–H groups in total. The van der Waals surface area contributed by atoms with E-state index in [-0.39, 0.29) is 11.3 Å². The van der Waals surface area contributed by atoms with Gasteiger partial charge in [0.25, 0.3) is 0 Å². The maximum Gasteiger partial charge on any atom is 0.139 e.